The molecule has 2 amide bonds. The van der Waals surface area contributed by atoms with E-state index in [9.17, 15) is 9.59 Å². The van der Waals surface area contributed by atoms with Gasteiger partial charge in [0.25, 0.3) is 5.91 Å². The van der Waals surface area contributed by atoms with Crippen LogP contribution >= 0.6 is 0 Å². The summed E-state index contributed by atoms with van der Waals surface area (Å²) in [5, 5.41) is 0. The van der Waals surface area contributed by atoms with Crippen LogP contribution in [0.4, 0.5) is 0 Å². The lowest BCUT2D eigenvalue weighted by Crippen LogP contribution is -2.50. The van der Waals surface area contributed by atoms with Gasteiger partial charge >= 0.3 is 0 Å². The van der Waals surface area contributed by atoms with Crippen molar-refractivity contribution in [3.05, 3.63) is 48.2 Å². The molecule has 0 atom stereocenters. The highest BCUT2D eigenvalue weighted by Crippen LogP contribution is 2.11. The van der Waals surface area contributed by atoms with Gasteiger partial charge in [-0.1, -0.05) is 0 Å². The maximum Gasteiger partial charge on any atom is 0.289 e. The summed E-state index contributed by atoms with van der Waals surface area (Å²) in [5.41, 5.74) is 1.16. The standard InChI is InChI=1S/C17H21N3O3/c1-18-8-2-4-14(18)6-7-16(21)19-9-11-20(12-10-19)17(22)15-5-3-13-23-15/h2-5,8,13H,6-7,9-12H2,1H3. The van der Waals surface area contributed by atoms with Crippen molar-refractivity contribution in [3.63, 3.8) is 0 Å². The van der Waals surface area contributed by atoms with Gasteiger partial charge < -0.3 is 18.8 Å². The van der Waals surface area contributed by atoms with E-state index in [1.54, 1.807) is 17.0 Å². The van der Waals surface area contributed by atoms with Crippen LogP contribution in [0.3, 0.4) is 0 Å². The van der Waals surface area contributed by atoms with E-state index in [1.807, 2.05) is 34.8 Å². The van der Waals surface area contributed by atoms with Gasteiger partial charge in [0.1, 0.15) is 0 Å². The van der Waals surface area contributed by atoms with Crippen molar-refractivity contribution in [3.8, 4) is 0 Å². The number of rotatable bonds is 4. The number of hydrogen-bond acceptors (Lipinski definition) is 3. The van der Waals surface area contributed by atoms with Crippen molar-refractivity contribution in [2.24, 2.45) is 7.05 Å². The molecule has 6 heteroatoms. The van der Waals surface area contributed by atoms with E-state index in [1.165, 1.54) is 6.26 Å². The molecule has 1 aliphatic heterocycles. The van der Waals surface area contributed by atoms with Crippen molar-refractivity contribution < 1.29 is 14.0 Å². The Kier molecular flexibility index (Phi) is 4.50. The zero-order valence-electron chi connectivity index (χ0n) is 13.3. The van der Waals surface area contributed by atoms with E-state index in [-0.39, 0.29) is 11.8 Å². The predicted molar refractivity (Wildman–Crippen MR) is 84.9 cm³/mol. The van der Waals surface area contributed by atoms with E-state index >= 15 is 0 Å². The maximum atomic E-state index is 12.3. The molecule has 122 valence electrons. The van der Waals surface area contributed by atoms with Gasteiger partial charge in [-0.2, -0.15) is 0 Å². The zero-order valence-corrected chi connectivity index (χ0v) is 13.3. The fourth-order valence-electron chi connectivity index (χ4n) is 2.86. The van der Waals surface area contributed by atoms with Crippen LogP contribution in [0.5, 0.6) is 0 Å². The third kappa shape index (κ3) is 3.47. The Balaban J connectivity index is 1.47. The van der Waals surface area contributed by atoms with Gasteiger partial charge in [-0.3, -0.25) is 9.59 Å². The Morgan fingerprint density at radius 2 is 1.83 bits per heavy atom. The number of piperazine rings is 1. The topological polar surface area (TPSA) is 58.7 Å². The van der Waals surface area contributed by atoms with Crippen molar-refractivity contribution in [1.82, 2.24) is 14.4 Å². The van der Waals surface area contributed by atoms with E-state index in [2.05, 4.69) is 0 Å². The van der Waals surface area contributed by atoms with Crippen molar-refractivity contribution in [1.29, 1.82) is 0 Å². The zero-order chi connectivity index (χ0) is 16.2. The molecular weight excluding hydrogens is 294 g/mol. The van der Waals surface area contributed by atoms with Crippen molar-refractivity contribution in [2.75, 3.05) is 26.2 Å². The van der Waals surface area contributed by atoms with Gasteiger partial charge in [0, 0.05) is 51.5 Å². The molecule has 0 saturated carbocycles. The normalized spacial score (nSPS) is 15.0. The summed E-state index contributed by atoms with van der Waals surface area (Å²) in [4.78, 5) is 28.1. The Labute approximate surface area is 135 Å². The van der Waals surface area contributed by atoms with Crippen LogP contribution in [0, 0.1) is 0 Å². The van der Waals surface area contributed by atoms with E-state index in [4.69, 9.17) is 4.42 Å². The lowest BCUT2D eigenvalue weighted by atomic mass is 10.2. The largest absolute Gasteiger partial charge is 0.459 e. The first-order valence-corrected chi connectivity index (χ1v) is 7.86. The molecule has 3 rings (SSSR count). The summed E-state index contributed by atoms with van der Waals surface area (Å²) in [6.45, 7) is 2.27. The summed E-state index contributed by atoms with van der Waals surface area (Å²) in [6.07, 6.45) is 4.73. The summed E-state index contributed by atoms with van der Waals surface area (Å²) >= 11 is 0. The second-order valence-electron chi connectivity index (χ2n) is 5.76. The third-order valence-electron chi connectivity index (χ3n) is 4.30. The van der Waals surface area contributed by atoms with Crippen molar-refractivity contribution in [2.45, 2.75) is 12.8 Å². The monoisotopic (exact) mass is 315 g/mol. The second-order valence-corrected chi connectivity index (χ2v) is 5.76. The molecule has 23 heavy (non-hydrogen) atoms. The number of aryl methyl sites for hydroxylation is 2. The lowest BCUT2D eigenvalue weighted by Gasteiger charge is -2.34. The van der Waals surface area contributed by atoms with Gasteiger partial charge in [-0.25, -0.2) is 0 Å². The second kappa shape index (κ2) is 6.73. The number of furan rings is 1. The molecule has 0 bridgehead atoms. The Morgan fingerprint density at radius 3 is 2.43 bits per heavy atom. The molecule has 2 aromatic heterocycles. The molecule has 1 saturated heterocycles. The lowest BCUT2D eigenvalue weighted by molar-refractivity contribution is -0.132. The first-order valence-electron chi connectivity index (χ1n) is 7.86. The molecule has 0 spiro atoms. The molecule has 3 heterocycles. The number of amides is 2. The highest BCUT2D eigenvalue weighted by Gasteiger charge is 2.25. The number of carbonyl (C=O) groups excluding carboxylic acids is 2. The number of nitrogens with zero attached hydrogens (tertiary/aromatic N) is 3. The minimum Gasteiger partial charge on any atom is -0.459 e. The van der Waals surface area contributed by atoms with Gasteiger partial charge in [0.2, 0.25) is 5.91 Å². The summed E-state index contributed by atoms with van der Waals surface area (Å²) in [7, 11) is 1.98. The van der Waals surface area contributed by atoms with Crippen LogP contribution in [0.25, 0.3) is 0 Å². The number of carbonyl (C=O) groups is 2. The average Bonchev–Trinajstić information content (AvgIpc) is 3.24. The molecule has 0 radical (unpaired) electrons. The van der Waals surface area contributed by atoms with Crippen molar-refractivity contribution >= 4 is 11.8 Å². The summed E-state index contributed by atoms with van der Waals surface area (Å²) in [5.74, 6) is 0.399. The van der Waals surface area contributed by atoms with E-state index in [0.29, 0.717) is 38.4 Å². The van der Waals surface area contributed by atoms with Crippen LogP contribution in [-0.4, -0.2) is 52.4 Å². The molecule has 1 fully saturated rings. The summed E-state index contributed by atoms with van der Waals surface area (Å²) < 4.78 is 7.17. The van der Waals surface area contributed by atoms with E-state index < -0.39 is 0 Å². The molecule has 0 aliphatic carbocycles. The predicted octanol–water partition coefficient (Wildman–Crippen LogP) is 1.54. The number of hydrogen-bond donors (Lipinski definition) is 0. The Bertz CT molecular complexity index is 667. The highest BCUT2D eigenvalue weighted by molar-refractivity contribution is 5.91. The fourth-order valence-corrected chi connectivity index (χ4v) is 2.86. The quantitative estimate of drug-likeness (QED) is 0.860. The number of aromatic nitrogens is 1. The third-order valence-corrected chi connectivity index (χ3v) is 4.30. The molecule has 6 nitrogen and oxygen atoms in total. The molecule has 1 aliphatic rings. The van der Waals surface area contributed by atoms with E-state index in [0.717, 1.165) is 12.1 Å². The SMILES string of the molecule is Cn1cccc1CCC(=O)N1CCN(C(=O)c2ccco2)CC1. The Hall–Kier alpha value is -2.50. The fraction of sp³-hybridized carbons (Fsp3) is 0.412. The smallest absolute Gasteiger partial charge is 0.289 e. The van der Waals surface area contributed by atoms with Crippen LogP contribution in [0.2, 0.25) is 0 Å². The van der Waals surface area contributed by atoms with Gasteiger partial charge in [-0.05, 0) is 30.7 Å². The minimum atomic E-state index is -0.106. The van der Waals surface area contributed by atoms with Crippen LogP contribution in [0.1, 0.15) is 22.7 Å². The van der Waals surface area contributed by atoms with Crippen LogP contribution < -0.4 is 0 Å². The molecule has 0 aromatic carbocycles. The maximum absolute atomic E-state index is 12.3. The van der Waals surface area contributed by atoms with Gasteiger partial charge in [-0.15, -0.1) is 0 Å². The first-order chi connectivity index (χ1) is 11.1. The Morgan fingerprint density at radius 1 is 1.09 bits per heavy atom. The van der Waals surface area contributed by atoms with Gasteiger partial charge in [0.05, 0.1) is 6.26 Å². The first kappa shape index (κ1) is 15.4. The van der Waals surface area contributed by atoms with Crippen LogP contribution in [-0.2, 0) is 18.3 Å². The van der Waals surface area contributed by atoms with Crippen LogP contribution in [0.15, 0.2) is 41.1 Å². The highest BCUT2D eigenvalue weighted by atomic mass is 16.3. The molecule has 0 unspecified atom stereocenters. The molecular formula is C17H21N3O3. The minimum absolute atomic E-state index is 0.106. The summed E-state index contributed by atoms with van der Waals surface area (Å²) in [6, 6.07) is 7.39. The molecule has 0 N–H and O–H groups in total. The average molecular weight is 315 g/mol. The molecule has 2 aromatic rings. The van der Waals surface area contributed by atoms with Gasteiger partial charge in [0.15, 0.2) is 5.76 Å².